The molecule has 0 saturated carbocycles. The number of carbonyl (C=O) groups excluding carboxylic acids is 3. The number of rotatable bonds is 17. The van der Waals surface area contributed by atoms with E-state index in [0.717, 1.165) is 4.90 Å². The summed E-state index contributed by atoms with van der Waals surface area (Å²) in [6, 6.07) is 0. The molecule has 0 bridgehead atoms. The largest absolute Gasteiger partial charge is 0.459 e. The van der Waals surface area contributed by atoms with Crippen LogP contribution in [0.1, 0.15) is 10.4 Å². The van der Waals surface area contributed by atoms with Crippen LogP contribution in [0.3, 0.4) is 0 Å². The number of benzene rings is 1. The zero-order valence-corrected chi connectivity index (χ0v) is 19.3. The van der Waals surface area contributed by atoms with Gasteiger partial charge in [-0.25, -0.2) is 22.4 Å². The van der Waals surface area contributed by atoms with Gasteiger partial charge in [0.25, 0.3) is 11.8 Å². The summed E-state index contributed by atoms with van der Waals surface area (Å²) < 4.78 is 80.6. The minimum absolute atomic E-state index is 0.0797. The van der Waals surface area contributed by atoms with Crippen molar-refractivity contribution in [1.29, 1.82) is 0 Å². The lowest BCUT2D eigenvalue weighted by atomic mass is 10.1. The van der Waals surface area contributed by atoms with Crippen LogP contribution in [0.15, 0.2) is 17.3 Å². The first-order valence-corrected chi connectivity index (χ1v) is 10.7. The fourth-order valence-electron chi connectivity index (χ4n) is 2.77. The molecule has 0 aromatic heterocycles. The number of hydrogen-bond acceptors (Lipinski definition) is 9. The van der Waals surface area contributed by atoms with E-state index in [-0.39, 0.29) is 71.2 Å². The number of halogens is 4. The molecule has 1 aromatic rings. The first kappa shape index (κ1) is 29.7. The molecule has 0 atom stereocenters. The van der Waals surface area contributed by atoms with E-state index >= 15 is 0 Å². The highest BCUT2D eigenvalue weighted by molar-refractivity contribution is 6.12. The van der Waals surface area contributed by atoms with Crippen LogP contribution in [0.4, 0.5) is 23.2 Å². The highest BCUT2D eigenvalue weighted by Crippen LogP contribution is 2.30. The van der Waals surface area contributed by atoms with Gasteiger partial charge in [0.1, 0.15) is 17.9 Å². The van der Waals surface area contributed by atoms with Crippen LogP contribution in [-0.4, -0.2) is 88.7 Å². The Balaban J connectivity index is 1.48. The third-order valence-corrected chi connectivity index (χ3v) is 4.53. The van der Waals surface area contributed by atoms with E-state index in [9.17, 15) is 31.9 Å². The van der Waals surface area contributed by atoms with Crippen molar-refractivity contribution in [3.63, 3.8) is 0 Å². The quantitative estimate of drug-likeness (QED) is 0.0432. The maximum absolute atomic E-state index is 13.9. The summed E-state index contributed by atoms with van der Waals surface area (Å²) in [5.74, 6) is -10.6. The molecule has 2 amide bonds. The van der Waals surface area contributed by atoms with Crippen molar-refractivity contribution in [3.05, 3.63) is 51.4 Å². The smallest absolute Gasteiger partial charge is 0.344 e. The predicted molar refractivity (Wildman–Crippen MR) is 114 cm³/mol. The summed E-state index contributed by atoms with van der Waals surface area (Å²) in [7, 11) is 0. The van der Waals surface area contributed by atoms with Crippen LogP contribution in [0, 0.1) is 23.3 Å². The third kappa shape index (κ3) is 8.80. The molecular weight excluding hydrogens is 512 g/mol. The van der Waals surface area contributed by atoms with Crippen LogP contribution in [-0.2, 0) is 33.3 Å². The van der Waals surface area contributed by atoms with Gasteiger partial charge in [-0.2, -0.15) is 0 Å². The number of ether oxygens (including phenoxy) is 5. The SMILES string of the molecule is [N-]=[N+]=Nc1c(F)c(F)c(C(=O)OCCOCCOCCOCCOCCN2C(=O)C=CC2=O)c(F)c1F. The van der Waals surface area contributed by atoms with Crippen molar-refractivity contribution in [2.45, 2.75) is 0 Å². The average molecular weight is 534 g/mol. The average Bonchev–Trinajstić information content (AvgIpc) is 3.20. The number of azide groups is 1. The van der Waals surface area contributed by atoms with Gasteiger partial charge in [-0.15, -0.1) is 0 Å². The van der Waals surface area contributed by atoms with Gasteiger partial charge in [-0.3, -0.25) is 14.5 Å². The molecule has 12 nitrogen and oxygen atoms in total. The van der Waals surface area contributed by atoms with E-state index in [4.69, 9.17) is 24.5 Å². The molecule has 0 spiro atoms. The number of hydrogen-bond donors (Lipinski definition) is 0. The third-order valence-electron chi connectivity index (χ3n) is 4.53. The zero-order valence-electron chi connectivity index (χ0n) is 19.3. The van der Waals surface area contributed by atoms with Crippen LogP contribution in [0.2, 0.25) is 0 Å². The van der Waals surface area contributed by atoms with Crippen LogP contribution >= 0.6 is 0 Å². The van der Waals surface area contributed by atoms with Gasteiger partial charge in [0.05, 0.1) is 59.4 Å². The first-order chi connectivity index (χ1) is 17.8. The number of amides is 2. The van der Waals surface area contributed by atoms with Gasteiger partial charge < -0.3 is 23.7 Å². The van der Waals surface area contributed by atoms with Crippen molar-refractivity contribution >= 4 is 23.5 Å². The molecule has 0 N–H and O–H groups in total. The Morgan fingerprint density at radius 3 is 1.65 bits per heavy atom. The fourth-order valence-corrected chi connectivity index (χ4v) is 2.77. The molecule has 0 aliphatic carbocycles. The molecule has 0 fully saturated rings. The summed E-state index contributed by atoms with van der Waals surface area (Å²) in [5, 5.41) is 2.52. The van der Waals surface area contributed by atoms with Crippen molar-refractivity contribution in [3.8, 4) is 0 Å². The van der Waals surface area contributed by atoms with E-state index in [1.54, 1.807) is 0 Å². The number of nitrogens with zero attached hydrogens (tertiary/aromatic N) is 4. The summed E-state index contributed by atoms with van der Waals surface area (Å²) in [4.78, 5) is 37.6. The monoisotopic (exact) mass is 534 g/mol. The molecule has 202 valence electrons. The first-order valence-electron chi connectivity index (χ1n) is 10.7. The van der Waals surface area contributed by atoms with Gasteiger partial charge in [0.15, 0.2) is 23.3 Å². The minimum Gasteiger partial charge on any atom is -0.459 e. The van der Waals surface area contributed by atoms with E-state index in [0.29, 0.717) is 0 Å². The number of carbonyl (C=O) groups is 3. The Kier molecular flexibility index (Phi) is 12.5. The van der Waals surface area contributed by atoms with Gasteiger partial charge in [-0.05, 0) is 5.53 Å². The molecule has 1 heterocycles. The van der Waals surface area contributed by atoms with E-state index in [2.05, 4.69) is 14.8 Å². The molecular formula is C21H22F4N4O8. The maximum Gasteiger partial charge on any atom is 0.344 e. The molecule has 1 aliphatic heterocycles. The van der Waals surface area contributed by atoms with Crippen LogP contribution < -0.4 is 0 Å². The Labute approximate surface area is 207 Å². The molecule has 1 aromatic carbocycles. The normalized spacial score (nSPS) is 12.8. The van der Waals surface area contributed by atoms with Crippen molar-refractivity contribution in [2.75, 3.05) is 66.0 Å². The van der Waals surface area contributed by atoms with Gasteiger partial charge in [0, 0.05) is 17.1 Å². The van der Waals surface area contributed by atoms with E-state index < -0.39 is 47.1 Å². The molecule has 2 rings (SSSR count). The van der Waals surface area contributed by atoms with E-state index in [1.165, 1.54) is 12.2 Å². The molecule has 0 radical (unpaired) electrons. The van der Waals surface area contributed by atoms with Crippen molar-refractivity contribution in [1.82, 2.24) is 4.90 Å². The highest BCUT2D eigenvalue weighted by atomic mass is 19.2. The Morgan fingerprint density at radius 1 is 0.757 bits per heavy atom. The summed E-state index contributed by atoms with van der Waals surface area (Å²) in [6.07, 6.45) is 2.39. The molecule has 0 unspecified atom stereocenters. The lowest BCUT2D eigenvalue weighted by molar-refractivity contribution is -0.137. The minimum atomic E-state index is -2.05. The molecule has 37 heavy (non-hydrogen) atoms. The van der Waals surface area contributed by atoms with Crippen molar-refractivity contribution < 1.29 is 55.6 Å². The Bertz CT molecular complexity index is 1020. The van der Waals surface area contributed by atoms with Gasteiger partial charge in [-0.1, -0.05) is 5.11 Å². The fraction of sp³-hybridized carbons (Fsp3) is 0.476. The second-order valence-electron chi connectivity index (χ2n) is 6.92. The van der Waals surface area contributed by atoms with Crippen molar-refractivity contribution in [2.24, 2.45) is 5.11 Å². The summed E-state index contributed by atoms with van der Waals surface area (Å²) >= 11 is 0. The number of imide groups is 1. The standard InChI is InChI=1S/C21H22F4N4O8/c22-16-15(17(23)19(25)20(18(16)24)27-28-26)21(32)37-12-11-36-10-9-35-8-7-34-6-5-33-4-3-29-13(30)1-2-14(29)31/h1-2H,3-12H2. The van der Waals surface area contributed by atoms with Gasteiger partial charge in [0.2, 0.25) is 0 Å². The number of esters is 1. The molecule has 16 heteroatoms. The summed E-state index contributed by atoms with van der Waals surface area (Å²) in [5.41, 5.74) is 5.06. The summed E-state index contributed by atoms with van der Waals surface area (Å²) in [6.45, 7) is 0.939. The van der Waals surface area contributed by atoms with Crippen LogP contribution in [0.5, 0.6) is 0 Å². The van der Waals surface area contributed by atoms with E-state index in [1.807, 2.05) is 0 Å². The Morgan fingerprint density at radius 2 is 1.19 bits per heavy atom. The van der Waals surface area contributed by atoms with Gasteiger partial charge >= 0.3 is 5.97 Å². The lowest BCUT2D eigenvalue weighted by Crippen LogP contribution is -2.33. The topological polar surface area (TPSA) is 149 Å². The predicted octanol–water partition coefficient (Wildman–Crippen LogP) is 2.33. The lowest BCUT2D eigenvalue weighted by Gasteiger charge is -2.13. The highest BCUT2D eigenvalue weighted by Gasteiger charge is 2.30. The maximum atomic E-state index is 13.9. The molecule has 1 aliphatic rings. The second-order valence-corrected chi connectivity index (χ2v) is 6.92. The van der Waals surface area contributed by atoms with Crippen LogP contribution in [0.25, 0.3) is 10.4 Å². The molecule has 0 saturated heterocycles. The zero-order chi connectivity index (χ0) is 27.2. The Hall–Kier alpha value is -3.56. The second kappa shape index (κ2) is 15.5.